The number of phenolic OH excluding ortho intramolecular Hbond substituents is 1. The molecule has 4 aromatic rings. The van der Waals surface area contributed by atoms with E-state index >= 15 is 0 Å². The molecule has 0 aromatic heterocycles. The Balaban J connectivity index is -0.000000803. The fourth-order valence-electron chi connectivity index (χ4n) is 7.58. The van der Waals surface area contributed by atoms with Crippen LogP contribution >= 0.6 is 0 Å². The number of hydrogen-bond donors (Lipinski definition) is 1. The van der Waals surface area contributed by atoms with Gasteiger partial charge in [-0.05, 0) is 116 Å². The average Bonchev–Trinajstić information content (AvgIpc) is 3.05. The Morgan fingerprint density at radius 2 is 0.373 bits per heavy atom. The second kappa shape index (κ2) is 24.2. The van der Waals surface area contributed by atoms with Gasteiger partial charge < -0.3 is 27.9 Å². The van der Waals surface area contributed by atoms with Crippen molar-refractivity contribution in [1.82, 2.24) is 0 Å². The number of hydrogen-bond acceptors (Lipinski definition) is 4. The van der Waals surface area contributed by atoms with Crippen molar-refractivity contribution < 1.29 is 20.4 Å². The number of rotatable bonds is 0. The van der Waals surface area contributed by atoms with Crippen LogP contribution < -0.4 is 15.3 Å². The number of phenols is 1. The quantitative estimate of drug-likeness (QED) is 0.140. The number of aryl methyl sites for hydroxylation is 4. The van der Waals surface area contributed by atoms with Gasteiger partial charge >= 0.3 is 46.1 Å². The van der Waals surface area contributed by atoms with Gasteiger partial charge in [0.2, 0.25) is 0 Å². The molecule has 0 heterocycles. The molecule has 4 nitrogen and oxygen atoms in total. The molecule has 0 saturated heterocycles. The molecule has 0 atom stereocenters. The monoisotopic (exact) mass is 941 g/mol. The molecule has 0 amide bonds. The first-order valence-corrected chi connectivity index (χ1v) is 23.5. The van der Waals surface area contributed by atoms with Gasteiger partial charge in [0.25, 0.3) is 0 Å². The van der Waals surface area contributed by atoms with Crippen LogP contribution in [0.25, 0.3) is 0 Å². The molecule has 0 unspecified atom stereocenters. The molecule has 0 radical (unpaired) electrons. The SMILES string of the molecule is Cc1cc(C(C)(C)C)c(O)c(C(C)(C)C)c1.Cc1cc(C(C)(C)C)c([O-])c(C(C)(C)C)c1.Cc1cc(C(C)(C)C)c([O-])c(C(C)(C)C)c1.Cc1cc(C(C)(C)C)c([O-])c(C(C)(C)C)c1.[CH3-].[Mg+2].[Mg+2]. The molecule has 0 fully saturated rings. The van der Waals surface area contributed by atoms with Crippen LogP contribution in [0, 0.1) is 35.1 Å². The van der Waals surface area contributed by atoms with E-state index in [9.17, 15) is 20.4 Å². The van der Waals surface area contributed by atoms with Crippen molar-refractivity contribution in [2.24, 2.45) is 0 Å². The summed E-state index contributed by atoms with van der Waals surface area (Å²) in [6.07, 6.45) is 0. The maximum atomic E-state index is 12.4. The van der Waals surface area contributed by atoms with E-state index in [4.69, 9.17) is 0 Å². The molecular formula is C61H96Mg2O4. The van der Waals surface area contributed by atoms with Gasteiger partial charge in [0.15, 0.2) is 0 Å². The molecule has 4 aromatic carbocycles. The average molecular weight is 942 g/mol. The van der Waals surface area contributed by atoms with Gasteiger partial charge in [-0.25, -0.2) is 0 Å². The summed E-state index contributed by atoms with van der Waals surface area (Å²) in [4.78, 5) is 0. The smallest absolute Gasteiger partial charge is 0.872 e. The van der Waals surface area contributed by atoms with Crippen molar-refractivity contribution in [1.29, 1.82) is 0 Å². The van der Waals surface area contributed by atoms with Crippen LogP contribution in [0.5, 0.6) is 23.0 Å². The molecule has 0 aliphatic carbocycles. The molecule has 0 spiro atoms. The summed E-state index contributed by atoms with van der Waals surface area (Å²) < 4.78 is 0. The molecule has 368 valence electrons. The van der Waals surface area contributed by atoms with E-state index in [-0.39, 0.29) is 114 Å². The fraction of sp³-hybridized carbons (Fsp3) is 0.590. The van der Waals surface area contributed by atoms with Crippen molar-refractivity contribution in [2.75, 3.05) is 0 Å². The summed E-state index contributed by atoms with van der Waals surface area (Å²) in [6.45, 7) is 58.7. The van der Waals surface area contributed by atoms with Crippen molar-refractivity contribution in [3.05, 3.63) is 123 Å². The van der Waals surface area contributed by atoms with Crippen molar-refractivity contribution in [3.63, 3.8) is 0 Å². The van der Waals surface area contributed by atoms with Gasteiger partial charge in [-0.2, -0.15) is 0 Å². The second-order valence-corrected chi connectivity index (χ2v) is 26.8. The first kappa shape index (κ1) is 68.9. The van der Waals surface area contributed by atoms with Gasteiger partial charge in [-0.15, -0.1) is 17.2 Å². The third-order valence-corrected chi connectivity index (χ3v) is 11.4. The number of benzene rings is 4. The minimum Gasteiger partial charge on any atom is -0.872 e. The first-order valence-electron chi connectivity index (χ1n) is 23.5. The van der Waals surface area contributed by atoms with E-state index in [2.05, 4.69) is 206 Å². The van der Waals surface area contributed by atoms with Crippen LogP contribution in [0.1, 0.15) is 233 Å². The predicted octanol–water partition coefficient (Wildman–Crippen LogP) is 15.0. The summed E-state index contributed by atoms with van der Waals surface area (Å²) in [5.41, 5.74) is 11.9. The van der Waals surface area contributed by atoms with Gasteiger partial charge in [0.1, 0.15) is 5.75 Å². The van der Waals surface area contributed by atoms with Crippen molar-refractivity contribution in [3.8, 4) is 23.0 Å². The molecule has 67 heavy (non-hydrogen) atoms. The minimum atomic E-state index is -0.0803. The molecule has 6 heteroatoms. The van der Waals surface area contributed by atoms with Crippen LogP contribution in [0.15, 0.2) is 48.5 Å². The number of aromatic hydroxyl groups is 1. The zero-order valence-corrected chi connectivity index (χ0v) is 51.5. The van der Waals surface area contributed by atoms with Crippen LogP contribution in [-0.2, 0) is 43.3 Å². The zero-order chi connectivity index (χ0) is 50.9. The van der Waals surface area contributed by atoms with Gasteiger partial charge in [-0.3, -0.25) is 0 Å². The molecule has 0 aliphatic heterocycles. The van der Waals surface area contributed by atoms with Crippen molar-refractivity contribution >= 4 is 46.1 Å². The Hall–Kier alpha value is -2.39. The summed E-state index contributed by atoms with van der Waals surface area (Å²) >= 11 is 0. The molecule has 0 bridgehead atoms. The van der Waals surface area contributed by atoms with Crippen molar-refractivity contribution in [2.45, 2.75) is 237 Å². The van der Waals surface area contributed by atoms with E-state index in [1.54, 1.807) is 0 Å². The maximum absolute atomic E-state index is 12.4. The molecular weight excluding hydrogens is 845 g/mol. The van der Waals surface area contributed by atoms with Crippen LogP contribution in [0.2, 0.25) is 0 Å². The largest absolute Gasteiger partial charge is 2.00 e. The molecule has 0 aliphatic rings. The topological polar surface area (TPSA) is 89.4 Å². The summed E-state index contributed by atoms with van der Waals surface area (Å²) in [5.74, 6) is 1.10. The van der Waals surface area contributed by atoms with E-state index in [1.807, 2.05) is 36.4 Å². The Morgan fingerprint density at radius 1 is 0.269 bits per heavy atom. The Bertz CT molecular complexity index is 1750. The Kier molecular flexibility index (Phi) is 24.8. The molecule has 0 saturated carbocycles. The van der Waals surface area contributed by atoms with Crippen LogP contribution in [-0.4, -0.2) is 51.2 Å². The van der Waals surface area contributed by atoms with Gasteiger partial charge in [0, 0.05) is 0 Å². The van der Waals surface area contributed by atoms with Gasteiger partial charge in [0.05, 0.1) is 0 Å². The molecule has 1 N–H and O–H groups in total. The normalized spacial score (nSPS) is 12.4. The summed E-state index contributed by atoms with van der Waals surface area (Å²) in [6, 6.07) is 16.3. The van der Waals surface area contributed by atoms with Crippen LogP contribution in [0.4, 0.5) is 0 Å². The standard InChI is InChI=1S/4C15H24O.CH3.2Mg/c4*1-10-8-11(14(2,3)4)13(16)12(9-10)15(5,6)7;;;/h4*8-9,16H,1-7H3;1H3;;/q;;;;-1;2*+2/p-3. The summed E-state index contributed by atoms with van der Waals surface area (Å²) in [5, 5.41) is 47.6. The van der Waals surface area contributed by atoms with Crippen LogP contribution in [0.3, 0.4) is 0 Å². The van der Waals surface area contributed by atoms with E-state index in [0.29, 0.717) is 5.75 Å². The van der Waals surface area contributed by atoms with E-state index < -0.39 is 0 Å². The maximum Gasteiger partial charge on any atom is 2.00 e. The van der Waals surface area contributed by atoms with E-state index in [0.717, 1.165) is 44.5 Å². The van der Waals surface area contributed by atoms with Gasteiger partial charge in [-0.1, -0.05) is 237 Å². The zero-order valence-electron chi connectivity index (χ0n) is 48.7. The summed E-state index contributed by atoms with van der Waals surface area (Å²) in [7, 11) is 0. The minimum absolute atomic E-state index is 0. The fourth-order valence-corrected chi connectivity index (χ4v) is 7.58. The Labute approximate surface area is 446 Å². The second-order valence-electron chi connectivity index (χ2n) is 26.8. The molecule has 4 rings (SSSR count). The Morgan fingerprint density at radius 3 is 0.478 bits per heavy atom. The third kappa shape index (κ3) is 20.1. The first-order chi connectivity index (χ1) is 28.1. The predicted molar refractivity (Wildman–Crippen MR) is 292 cm³/mol. The van der Waals surface area contributed by atoms with E-state index in [1.165, 1.54) is 22.3 Å². The third-order valence-electron chi connectivity index (χ3n) is 11.4.